The molecule has 0 saturated carbocycles. The van der Waals surface area contributed by atoms with Crippen LogP contribution >= 0.6 is 35.6 Å². The fourth-order valence-corrected chi connectivity index (χ4v) is 3.54. The maximum atomic E-state index is 12.3. The van der Waals surface area contributed by atoms with Crippen molar-refractivity contribution in [3.63, 3.8) is 0 Å². The van der Waals surface area contributed by atoms with Crippen molar-refractivity contribution >= 4 is 46.6 Å². The number of carbonyl (C=O) groups excluding carboxylic acids is 1. The van der Waals surface area contributed by atoms with E-state index in [4.69, 9.17) is 23.8 Å². The van der Waals surface area contributed by atoms with Gasteiger partial charge in [-0.3, -0.25) is 15.5 Å². The van der Waals surface area contributed by atoms with E-state index >= 15 is 0 Å². The number of thioether (sulfide) groups is 1. The van der Waals surface area contributed by atoms with Crippen molar-refractivity contribution in [2.24, 2.45) is 0 Å². The van der Waals surface area contributed by atoms with E-state index in [1.54, 1.807) is 28.9 Å². The largest absolute Gasteiger partial charge is 0.298 e. The topological polar surface area (TPSA) is 71.8 Å². The van der Waals surface area contributed by atoms with Crippen molar-refractivity contribution in [3.05, 3.63) is 76.6 Å². The smallest absolute Gasteiger partial charge is 0.257 e. The molecule has 28 heavy (non-hydrogen) atoms. The van der Waals surface area contributed by atoms with Gasteiger partial charge >= 0.3 is 0 Å². The number of aryl methyl sites for hydroxylation is 1. The molecule has 0 aliphatic rings. The lowest BCUT2D eigenvalue weighted by molar-refractivity contribution is 0.0977. The van der Waals surface area contributed by atoms with E-state index in [2.05, 4.69) is 33.1 Å². The summed E-state index contributed by atoms with van der Waals surface area (Å²) in [5, 5.41) is 12.5. The van der Waals surface area contributed by atoms with Crippen LogP contribution in [0.3, 0.4) is 0 Å². The molecule has 9 heteroatoms. The standard InChI is InChI=1S/C19H18ClN5OS2/c1-2-16-22-23-19(28-12-13-6-4-3-5-7-13)25(16)24-18(27)21-17(26)14-8-10-15(20)11-9-14/h3-11H,2,12H2,1H3,(H2,21,24,26,27). The van der Waals surface area contributed by atoms with Gasteiger partial charge in [-0.15, -0.1) is 10.2 Å². The third-order valence-electron chi connectivity index (χ3n) is 3.77. The van der Waals surface area contributed by atoms with Crippen LogP contribution in [0.1, 0.15) is 28.7 Å². The third-order valence-corrected chi connectivity index (χ3v) is 5.22. The minimum absolute atomic E-state index is 0.163. The minimum atomic E-state index is -0.321. The second-order valence-corrected chi connectivity index (χ2v) is 7.55. The summed E-state index contributed by atoms with van der Waals surface area (Å²) in [5.41, 5.74) is 4.65. The molecule has 3 rings (SSSR count). The van der Waals surface area contributed by atoms with Crippen molar-refractivity contribution < 1.29 is 4.79 Å². The lowest BCUT2D eigenvalue weighted by Crippen LogP contribution is -2.38. The Morgan fingerprint density at radius 1 is 1.14 bits per heavy atom. The SMILES string of the molecule is CCc1nnc(SCc2ccccc2)n1NC(=S)NC(=O)c1ccc(Cl)cc1. The van der Waals surface area contributed by atoms with Gasteiger partial charge in [0, 0.05) is 22.8 Å². The zero-order valence-corrected chi connectivity index (χ0v) is 17.4. The Hall–Kier alpha value is -2.42. The van der Waals surface area contributed by atoms with Crippen LogP contribution in [0.2, 0.25) is 5.02 Å². The van der Waals surface area contributed by atoms with Gasteiger partial charge in [-0.05, 0) is 42.0 Å². The van der Waals surface area contributed by atoms with E-state index in [1.165, 1.54) is 17.3 Å². The molecule has 0 saturated heterocycles. The molecule has 0 aliphatic carbocycles. The average Bonchev–Trinajstić information content (AvgIpc) is 3.09. The monoisotopic (exact) mass is 431 g/mol. The van der Waals surface area contributed by atoms with Crippen LogP contribution in [0.25, 0.3) is 0 Å². The number of nitrogens with one attached hydrogen (secondary N) is 2. The molecule has 0 bridgehead atoms. The maximum absolute atomic E-state index is 12.3. The molecule has 144 valence electrons. The van der Waals surface area contributed by atoms with Crippen LogP contribution in [0.15, 0.2) is 59.8 Å². The van der Waals surface area contributed by atoms with Gasteiger partial charge in [0.2, 0.25) is 5.16 Å². The fourth-order valence-electron chi connectivity index (χ4n) is 2.36. The Balaban J connectivity index is 1.66. The number of halogens is 1. The zero-order chi connectivity index (χ0) is 19.9. The fraction of sp³-hybridized carbons (Fsp3) is 0.158. The van der Waals surface area contributed by atoms with Crippen molar-refractivity contribution in [2.75, 3.05) is 5.43 Å². The highest BCUT2D eigenvalue weighted by Gasteiger charge is 2.14. The highest BCUT2D eigenvalue weighted by Crippen LogP contribution is 2.21. The van der Waals surface area contributed by atoms with E-state index in [-0.39, 0.29) is 11.0 Å². The van der Waals surface area contributed by atoms with Crippen molar-refractivity contribution in [1.82, 2.24) is 20.2 Å². The van der Waals surface area contributed by atoms with Gasteiger partial charge < -0.3 is 0 Å². The van der Waals surface area contributed by atoms with Crippen LogP contribution in [-0.2, 0) is 12.2 Å². The predicted molar refractivity (Wildman–Crippen MR) is 116 cm³/mol. The summed E-state index contributed by atoms with van der Waals surface area (Å²) in [6.45, 7) is 1.98. The lowest BCUT2D eigenvalue weighted by atomic mass is 10.2. The molecule has 6 nitrogen and oxygen atoms in total. The minimum Gasteiger partial charge on any atom is -0.298 e. The molecule has 0 fully saturated rings. The first-order chi connectivity index (χ1) is 13.6. The van der Waals surface area contributed by atoms with Crippen molar-refractivity contribution in [3.8, 4) is 0 Å². The Labute approximate surface area is 177 Å². The number of carbonyl (C=O) groups is 1. The molecular formula is C19H18ClN5OS2. The summed E-state index contributed by atoms with van der Waals surface area (Å²) in [5.74, 6) is 1.14. The van der Waals surface area contributed by atoms with E-state index in [0.717, 1.165) is 11.6 Å². The Morgan fingerprint density at radius 3 is 2.54 bits per heavy atom. The number of benzene rings is 2. The number of rotatable bonds is 6. The molecular weight excluding hydrogens is 414 g/mol. The molecule has 2 N–H and O–H groups in total. The third kappa shape index (κ3) is 5.31. The molecule has 1 heterocycles. The highest BCUT2D eigenvalue weighted by atomic mass is 35.5. The molecule has 0 atom stereocenters. The van der Waals surface area contributed by atoms with Gasteiger partial charge in [0.05, 0.1) is 0 Å². The Morgan fingerprint density at radius 2 is 1.86 bits per heavy atom. The summed E-state index contributed by atoms with van der Waals surface area (Å²) in [7, 11) is 0. The lowest BCUT2D eigenvalue weighted by Gasteiger charge is -2.13. The molecule has 1 amide bonds. The molecule has 0 spiro atoms. The summed E-state index contributed by atoms with van der Waals surface area (Å²) >= 11 is 12.7. The van der Waals surface area contributed by atoms with Gasteiger partial charge in [0.15, 0.2) is 10.9 Å². The zero-order valence-electron chi connectivity index (χ0n) is 15.1. The molecule has 2 aromatic carbocycles. The first-order valence-electron chi connectivity index (χ1n) is 8.55. The van der Waals surface area contributed by atoms with E-state index < -0.39 is 0 Å². The summed E-state index contributed by atoms with van der Waals surface area (Å²) in [6, 6.07) is 16.7. The summed E-state index contributed by atoms with van der Waals surface area (Å²) < 4.78 is 1.71. The molecule has 3 aromatic rings. The normalized spacial score (nSPS) is 10.5. The van der Waals surface area contributed by atoms with Crippen LogP contribution in [0.5, 0.6) is 0 Å². The molecule has 0 unspecified atom stereocenters. The van der Waals surface area contributed by atoms with Gasteiger partial charge in [0.25, 0.3) is 5.91 Å². The first-order valence-corrected chi connectivity index (χ1v) is 10.3. The van der Waals surface area contributed by atoms with Crippen LogP contribution in [0.4, 0.5) is 0 Å². The van der Waals surface area contributed by atoms with Crippen LogP contribution in [0, 0.1) is 0 Å². The van der Waals surface area contributed by atoms with Gasteiger partial charge in [-0.2, -0.15) is 0 Å². The van der Waals surface area contributed by atoms with E-state index in [1.807, 2.05) is 25.1 Å². The Kier molecular flexibility index (Phi) is 7.02. The number of thiocarbonyl (C=S) groups is 1. The van der Waals surface area contributed by atoms with Gasteiger partial charge in [-0.1, -0.05) is 60.6 Å². The average molecular weight is 432 g/mol. The number of aromatic nitrogens is 3. The second-order valence-electron chi connectivity index (χ2n) is 5.76. The van der Waals surface area contributed by atoms with Gasteiger partial charge in [0.1, 0.15) is 0 Å². The van der Waals surface area contributed by atoms with Crippen molar-refractivity contribution in [2.45, 2.75) is 24.3 Å². The van der Waals surface area contributed by atoms with Gasteiger partial charge in [-0.25, -0.2) is 4.68 Å². The van der Waals surface area contributed by atoms with E-state index in [9.17, 15) is 4.79 Å². The van der Waals surface area contributed by atoms with Crippen molar-refractivity contribution in [1.29, 1.82) is 0 Å². The van der Waals surface area contributed by atoms with Crippen LogP contribution in [-0.4, -0.2) is 25.9 Å². The molecule has 0 radical (unpaired) electrons. The predicted octanol–water partition coefficient (Wildman–Crippen LogP) is 4.04. The number of amides is 1. The summed E-state index contributed by atoms with van der Waals surface area (Å²) in [6.07, 6.45) is 0.666. The number of hydrogen-bond acceptors (Lipinski definition) is 5. The highest BCUT2D eigenvalue weighted by molar-refractivity contribution is 7.98. The second kappa shape index (κ2) is 9.68. The van der Waals surface area contributed by atoms with Crippen LogP contribution < -0.4 is 10.7 Å². The molecule has 0 aliphatic heterocycles. The maximum Gasteiger partial charge on any atom is 0.257 e. The number of nitrogens with zero attached hydrogens (tertiary/aromatic N) is 3. The van der Waals surface area contributed by atoms with E-state index in [0.29, 0.717) is 22.2 Å². The first kappa shape index (κ1) is 20.3. The molecule has 1 aromatic heterocycles. The number of hydrogen-bond donors (Lipinski definition) is 2. The summed E-state index contributed by atoms with van der Waals surface area (Å²) in [4.78, 5) is 12.3. The Bertz CT molecular complexity index is 960. The quantitative estimate of drug-likeness (QED) is 0.453.